The van der Waals surface area contributed by atoms with Gasteiger partial charge in [-0.25, -0.2) is 15.3 Å². The summed E-state index contributed by atoms with van der Waals surface area (Å²) in [6.45, 7) is 13.5. The van der Waals surface area contributed by atoms with Gasteiger partial charge in [-0.05, 0) is 250 Å². The van der Waals surface area contributed by atoms with Gasteiger partial charge in [0.15, 0.2) is 0 Å². The number of carbonyl (C=O) groups is 4. The number of amides is 1. The Labute approximate surface area is 691 Å². The van der Waals surface area contributed by atoms with E-state index in [1.54, 1.807) is 35.2 Å². The van der Waals surface area contributed by atoms with E-state index in [1.165, 1.54) is 10.5 Å². The quantitative estimate of drug-likeness (QED) is 0.0194. The maximum atomic E-state index is 14.3. The minimum atomic E-state index is -2.46. The van der Waals surface area contributed by atoms with Gasteiger partial charge in [0.25, 0.3) is 11.7 Å². The fraction of sp³-hybridized carbons (Fsp3) is 0.419. The van der Waals surface area contributed by atoms with Crippen LogP contribution >= 0.6 is 0 Å². The molecule has 13 atom stereocenters. The third kappa shape index (κ3) is 40.0. The van der Waals surface area contributed by atoms with Crippen LogP contribution in [-0.2, 0) is 88.1 Å². The van der Waals surface area contributed by atoms with E-state index in [1.807, 2.05) is 27.7 Å². The van der Waals surface area contributed by atoms with Crippen molar-refractivity contribution in [2.75, 3.05) is 27.9 Å². The van der Waals surface area contributed by atoms with E-state index in [4.69, 9.17) is 40.6 Å². The number of nitrogens with zero attached hydrogens (tertiary/aromatic N) is 1. The molecule has 626 valence electrons. The van der Waals surface area contributed by atoms with Crippen molar-refractivity contribution >= 4 is 23.4 Å². The highest BCUT2D eigenvalue weighted by atomic mass is 17.8. The number of fused-ring (bicyclic) bond motifs is 3. The summed E-state index contributed by atoms with van der Waals surface area (Å²) < 4.78 is 29.9. The van der Waals surface area contributed by atoms with Crippen LogP contribution in [-0.4, -0.2) is 125 Å². The van der Waals surface area contributed by atoms with Gasteiger partial charge in [-0.1, -0.05) is 61.3 Å². The molecule has 5 N–H and O–H groups in total. The summed E-state index contributed by atoms with van der Waals surface area (Å²) >= 11 is 0. The molecular formula is C86H140N2O22. The van der Waals surface area contributed by atoms with Crippen LogP contribution < -0.4 is 5.64 Å². The third-order valence-electron chi connectivity index (χ3n) is 15.6. The predicted molar refractivity (Wildman–Crippen MR) is 463 cm³/mol. The number of ketones is 2. The van der Waals surface area contributed by atoms with Crippen LogP contribution in [0.25, 0.3) is 0 Å². The fourth-order valence-electron chi connectivity index (χ4n) is 10.8. The molecule has 1 amide bonds. The zero-order valence-corrected chi connectivity index (χ0v) is 61.9. The van der Waals surface area contributed by atoms with Gasteiger partial charge in [-0.3, -0.25) is 14.4 Å². The van der Waals surface area contributed by atoms with Crippen molar-refractivity contribution in [3.05, 3.63) is 23.3 Å². The monoisotopic (exact) mass is 1550 g/mol. The van der Waals surface area contributed by atoms with Gasteiger partial charge in [0, 0.05) is 234 Å². The topological polar surface area (TPSA) is 294 Å². The van der Waals surface area contributed by atoms with Crippen molar-refractivity contribution in [1.29, 1.82) is 0 Å². The second-order valence-electron chi connectivity index (χ2n) is 23.0. The number of terminal acetylenes is 1. The zero-order chi connectivity index (χ0) is 80.7. The molecule has 0 aromatic heterocycles. The number of ether oxygens (including phenoxy) is 5. The zero-order valence-electron chi connectivity index (χ0n) is 61.9. The van der Waals surface area contributed by atoms with Gasteiger partial charge in [0.2, 0.25) is 5.79 Å². The van der Waals surface area contributed by atoms with Crippen molar-refractivity contribution in [1.82, 2.24) is 10.5 Å². The third-order valence-corrected chi connectivity index (χ3v) is 15.6. The van der Waals surface area contributed by atoms with Crippen molar-refractivity contribution in [3.63, 3.8) is 0 Å². The lowest BCUT2D eigenvalue weighted by Gasteiger charge is -2.47. The molecule has 3 heterocycles. The molecular weight excluding hydrogens is 1410 g/mol. The van der Waals surface area contributed by atoms with Crippen molar-refractivity contribution in [3.8, 4) is 249 Å². The number of hydrogen-bond donors (Lipinski definition) is 5. The second kappa shape index (κ2) is 59.9. The number of aliphatic hydroxyl groups excluding tert-OH is 1. The number of Topliss-reactive ketones (excluding diaryl/α,β-unsaturated/α-hetero) is 2. The average molecular weight is 1550 g/mol. The van der Waals surface area contributed by atoms with Gasteiger partial charge < -0.3 is 38.8 Å². The second-order valence-corrected chi connectivity index (χ2v) is 23.0. The molecule has 0 unspecified atom stereocenters. The SMILES string of the molecule is C#CC#CC#CC#CC#CC#CC#CC#CC#CC#CC#CC#CC#CC#CC#CC#CC#CC#CC#CC#CC#CC.CC[C@@H]1/C=C(\C)C[C@H](C)C[C@H](OC)[C@H]2O[C@@](O)(C(=O)C(=O)N3CCCC[C@H]3C(=O)O[C@H](/C(C)=C/[C@@H]3CC[C@@H](O)[C@H](OC)C3)[C@H](C)CCC1=O)[C@H](C)C[C@@H]2OC.OOOOONOOOOOO.[HH].[HH].[HH].[HH].[HH].[HH].[HH].[HH].[HH].[HH].[HH].[HH].[HH].[HH].[HH].[HH].[HH].[HH].[HH].[HH].[HH].[HH].[HH].[HH].[HH].[HH].[HH].[HH].[HH].[HH].[HH].[HH]. The number of rotatable bonds is 15. The van der Waals surface area contributed by atoms with E-state index in [-0.39, 0.29) is 94.2 Å². The summed E-state index contributed by atoms with van der Waals surface area (Å²) in [6.07, 6.45) is 12.0. The Morgan fingerprint density at radius 2 is 1.04 bits per heavy atom. The van der Waals surface area contributed by atoms with Crippen LogP contribution in [0.4, 0.5) is 0 Å². The number of carbonyl (C=O) groups excluding carboxylic acids is 4. The van der Waals surface area contributed by atoms with Crippen LogP contribution in [0.15, 0.2) is 23.3 Å². The van der Waals surface area contributed by atoms with Crippen LogP contribution in [0.1, 0.15) is 171 Å². The van der Waals surface area contributed by atoms with Gasteiger partial charge in [-0.15, -0.1) is 6.42 Å². The first kappa shape index (κ1) is 93.9. The lowest BCUT2D eigenvalue weighted by Crippen LogP contribution is -2.64. The lowest BCUT2D eigenvalue weighted by molar-refractivity contribution is -0.781. The first-order chi connectivity index (χ1) is 53.4. The molecule has 4 aliphatic rings. The van der Waals surface area contributed by atoms with Gasteiger partial charge >= 0.3 is 5.97 Å². The Balaban J connectivity index is -0.0000000450. The van der Waals surface area contributed by atoms with Crippen molar-refractivity contribution in [2.24, 2.45) is 29.6 Å². The summed E-state index contributed by atoms with van der Waals surface area (Å²) in [4.78, 5) is 64.9. The molecule has 3 aliphatic heterocycles. The van der Waals surface area contributed by atoms with E-state index in [0.717, 1.165) is 17.6 Å². The maximum Gasteiger partial charge on any atom is 0.329 e. The van der Waals surface area contributed by atoms with E-state index in [0.29, 0.717) is 64.2 Å². The van der Waals surface area contributed by atoms with Crippen molar-refractivity contribution in [2.45, 2.75) is 174 Å². The number of aliphatic hydroxyl groups is 2. The smallest absolute Gasteiger partial charge is 0.329 e. The number of cyclic esters (lactones) is 1. The van der Waals surface area contributed by atoms with Gasteiger partial charge in [0.1, 0.15) is 24.0 Å². The Morgan fingerprint density at radius 3 is 1.47 bits per heavy atom. The van der Waals surface area contributed by atoms with E-state index in [2.05, 4.69) is 307 Å². The number of piperidine rings is 1. The van der Waals surface area contributed by atoms with Crippen molar-refractivity contribution < 1.29 is 154 Å². The number of methoxy groups -OCH3 is 3. The van der Waals surface area contributed by atoms with Crippen LogP contribution in [0.3, 0.4) is 0 Å². The Kier molecular flexibility index (Phi) is 51.1. The Bertz CT molecular complexity index is 4790. The lowest BCUT2D eigenvalue weighted by atomic mass is 9.82. The largest absolute Gasteiger partial charge is 0.456 e. The molecule has 0 aromatic carbocycles. The molecule has 0 radical (unpaired) electrons. The molecule has 0 aromatic rings. The minimum absolute atomic E-state index is 0. The fourth-order valence-corrected chi connectivity index (χ4v) is 10.8. The molecule has 4 rings (SSSR count). The standard InChI is InChI=1S/C43H69NO11.C43H4.H3NO11.32H2/c1-10-31-20-25(2)19-26(3)21-36(52-8)39-37(53-9)23-29(6)43(50,55-39)40(47)41(48)44-18-12-11-13-32(44)42(49)54-38(27(4)14-16-33(31)45)28(5)22-30-15-17-34(46)35(24-30)51-7;1-3-5-7-9-11-13-15-17-19-21-23-25-27-29-31-33-35-37-39-41-43-42-40-38-36-34-32-30-28-26-24-22-20-18-16-14-12-10-8-6-4-2;2-6-10-8-4-1-5-9-12-11-7-3;;;;;;;;;;;;;;;;;;;;;;;;;;;;;;;;/h20,22,26-27,29-32,34-39,46,50H,10-19,21,23-24H2,1-9H3;1H,2H3;1-3H;32*1H/b25-20+,28-22+;;;;;;;;;;;;;;;;;;;;;;;;;;;;;;;;;;/t26-,27+,29+,30-,31+,32-,34+,35+,36-,37-,38-,39+,43+;;;;;;;;;;;;;;;;;;;;;;;;;;;;;;;;;;/m0................................../s1. The van der Waals surface area contributed by atoms with Crippen LogP contribution in [0.5, 0.6) is 0 Å². The van der Waals surface area contributed by atoms with Crippen LogP contribution in [0, 0.1) is 279 Å². The van der Waals surface area contributed by atoms with E-state index < -0.39 is 65.9 Å². The summed E-state index contributed by atoms with van der Waals surface area (Å²) in [5, 5.41) is 59.8. The Hall–Kier alpha value is -12.2. The molecule has 24 heteroatoms. The normalized spacial score (nSPS) is 23.0. The highest BCUT2D eigenvalue weighted by Gasteiger charge is 2.56. The number of allylic oxidation sites excluding steroid dienone is 3. The number of esters is 1. The number of nitrogens with one attached hydrogen (secondary N) is 1. The number of hydrogen-bond acceptors (Lipinski definition) is 23. The summed E-state index contributed by atoms with van der Waals surface area (Å²) in [7, 11) is 4.70. The summed E-state index contributed by atoms with van der Waals surface area (Å²) in [5.41, 5.74) is 3.28. The first-order valence-corrected chi connectivity index (χ1v) is 33.4. The molecule has 3 fully saturated rings. The maximum absolute atomic E-state index is 14.3. The van der Waals surface area contributed by atoms with Crippen LogP contribution in [0.2, 0.25) is 0 Å². The molecule has 1 aliphatic carbocycles. The molecule has 2 saturated heterocycles. The molecule has 110 heavy (non-hydrogen) atoms. The minimum Gasteiger partial charge on any atom is -0.456 e. The van der Waals surface area contributed by atoms with E-state index in [9.17, 15) is 29.4 Å². The Morgan fingerprint density at radius 1 is 0.600 bits per heavy atom. The van der Waals surface area contributed by atoms with E-state index >= 15 is 0 Å². The van der Waals surface area contributed by atoms with Gasteiger partial charge in [0.05, 0.1) is 24.4 Å². The first-order valence-electron chi connectivity index (χ1n) is 33.4. The highest BCUT2D eigenvalue weighted by molar-refractivity contribution is 6.39. The highest BCUT2D eigenvalue weighted by Crippen LogP contribution is 2.39. The predicted octanol–water partition coefficient (Wildman–Crippen LogP) is 13.0. The molecule has 1 saturated carbocycles. The average Bonchev–Trinajstić information content (AvgIpc) is 0.771. The molecule has 24 nitrogen and oxygen atoms in total. The molecule has 2 bridgehead atoms. The van der Waals surface area contributed by atoms with Gasteiger partial charge in [-0.2, -0.15) is 0 Å². The summed E-state index contributed by atoms with van der Waals surface area (Å²) in [5.74, 6) is 95.7. The summed E-state index contributed by atoms with van der Waals surface area (Å²) in [6, 6.07) is -1.04. The molecule has 0 spiro atoms.